The lowest BCUT2D eigenvalue weighted by Crippen LogP contribution is -2.58. The number of carbonyl (C=O) groups excluding carboxylic acids is 4. The number of ether oxygens (including phenoxy) is 1. The van der Waals surface area contributed by atoms with Gasteiger partial charge in [-0.1, -0.05) is 25.0 Å². The molecule has 0 spiro atoms. The van der Waals surface area contributed by atoms with Crippen LogP contribution in [0, 0.1) is 5.92 Å². The first kappa shape index (κ1) is 28.8. The zero-order valence-electron chi connectivity index (χ0n) is 22.4. The molecule has 4 amide bonds. The zero-order chi connectivity index (χ0) is 27.6. The van der Waals surface area contributed by atoms with Gasteiger partial charge in [-0.2, -0.15) is 0 Å². The highest BCUT2D eigenvalue weighted by Gasteiger charge is 2.61. The van der Waals surface area contributed by atoms with Crippen LogP contribution in [0.5, 0.6) is 0 Å². The van der Waals surface area contributed by atoms with Crippen molar-refractivity contribution in [2.45, 2.75) is 119 Å². The first-order chi connectivity index (χ1) is 18.7. The number of carbonyl (C=O) groups is 4. The lowest BCUT2D eigenvalue weighted by Gasteiger charge is -2.30. The number of halogens is 1. The Morgan fingerprint density at radius 3 is 2.51 bits per heavy atom. The molecule has 3 aliphatic carbocycles. The van der Waals surface area contributed by atoms with Crippen LogP contribution in [0.2, 0.25) is 0 Å². The summed E-state index contributed by atoms with van der Waals surface area (Å²) < 4.78 is 21.4. The van der Waals surface area contributed by atoms with E-state index in [1.54, 1.807) is 4.90 Å². The predicted octanol–water partition coefficient (Wildman–Crippen LogP) is 2.97. The fraction of sp³-hybridized carbons (Fsp3) is 0.778. The van der Waals surface area contributed by atoms with E-state index in [0.29, 0.717) is 32.2 Å². The number of alkyl carbamates (subject to hydrolysis) is 1. The summed E-state index contributed by atoms with van der Waals surface area (Å²) in [5, 5.41) is 5.80. The smallest absolute Gasteiger partial charge is 0.408 e. The maximum atomic E-state index is 13.7. The van der Waals surface area contributed by atoms with Gasteiger partial charge in [0.2, 0.25) is 11.8 Å². The topological polar surface area (TPSA) is 134 Å². The number of rotatable bonds is 5. The number of allylic oxidation sites excluding steroid dienone is 1. The van der Waals surface area contributed by atoms with E-state index in [-0.39, 0.29) is 29.1 Å². The average Bonchev–Trinajstić information content (AvgIpc) is 3.74. The van der Waals surface area contributed by atoms with Gasteiger partial charge in [0.1, 0.15) is 23.7 Å². The predicted molar refractivity (Wildman–Crippen MR) is 156 cm³/mol. The molecule has 12 heteroatoms. The molecule has 0 aromatic carbocycles. The molecule has 10 nitrogen and oxygen atoms in total. The molecule has 0 unspecified atom stereocenters. The van der Waals surface area contributed by atoms with Crippen LogP contribution in [-0.4, -0.2) is 68.4 Å². The van der Waals surface area contributed by atoms with E-state index in [1.807, 2.05) is 27.3 Å². The van der Waals surface area contributed by atoms with Gasteiger partial charge >= 0.3 is 6.09 Å². The van der Waals surface area contributed by atoms with E-state index in [0.717, 1.165) is 64.2 Å². The van der Waals surface area contributed by atoms with E-state index in [2.05, 4.69) is 21.4 Å². The van der Waals surface area contributed by atoms with Crippen LogP contribution in [0.3, 0.4) is 0 Å². The summed E-state index contributed by atoms with van der Waals surface area (Å²) in [6.07, 6.45) is 14.3. The highest BCUT2D eigenvalue weighted by molar-refractivity contribution is 14.2. The van der Waals surface area contributed by atoms with Crippen molar-refractivity contribution in [3.8, 4) is 0 Å². The summed E-state index contributed by atoms with van der Waals surface area (Å²) in [5.74, 6) is -1.22. The zero-order valence-corrected chi connectivity index (χ0v) is 25.4. The van der Waals surface area contributed by atoms with Gasteiger partial charge < -0.3 is 20.3 Å². The minimum atomic E-state index is -2.88. The third-order valence-corrected chi connectivity index (χ3v) is 13.8. The van der Waals surface area contributed by atoms with Crippen LogP contribution in [-0.2, 0) is 26.4 Å². The first-order valence-electron chi connectivity index (χ1n) is 14.6. The van der Waals surface area contributed by atoms with Gasteiger partial charge in [-0.3, -0.25) is 23.3 Å². The Morgan fingerprint density at radius 1 is 1.03 bits per heavy atom. The molecule has 2 aliphatic heterocycles. The summed E-state index contributed by atoms with van der Waals surface area (Å²) >= 11 is 1.88. The third-order valence-electron chi connectivity index (χ3n) is 8.77. The molecule has 218 valence electrons. The molecule has 5 aliphatic rings. The number of hydrogen-bond acceptors (Lipinski definition) is 6. The van der Waals surface area contributed by atoms with E-state index in [9.17, 15) is 23.4 Å². The number of thiol groups is 1. The maximum Gasteiger partial charge on any atom is 0.408 e. The average molecular weight is 677 g/mol. The summed E-state index contributed by atoms with van der Waals surface area (Å²) in [4.78, 5) is 55.0. The molecular formula is C27H41IN4O6S. The Kier molecular flexibility index (Phi) is 8.89. The molecular weight excluding hydrogens is 635 g/mol. The molecule has 4 atom stereocenters. The Bertz CT molecular complexity index is 1060. The van der Waals surface area contributed by atoms with Crippen LogP contribution < -0.4 is 15.4 Å². The van der Waals surface area contributed by atoms with Crippen molar-refractivity contribution in [2.24, 2.45) is 5.92 Å². The Morgan fingerprint density at radius 2 is 1.77 bits per heavy atom. The molecule has 0 aromatic rings. The van der Waals surface area contributed by atoms with Crippen molar-refractivity contribution in [1.82, 2.24) is 20.3 Å². The molecule has 3 saturated carbocycles. The van der Waals surface area contributed by atoms with Crippen molar-refractivity contribution in [3.63, 3.8) is 0 Å². The molecule has 0 bridgehead atoms. The van der Waals surface area contributed by atoms with Gasteiger partial charge in [-0.25, -0.2) is 4.79 Å². The standard InChI is InChI=1S/C27H41IN4O6S/c28-39(37,20-14-15-20)31-25(35)27-17-18(27)9-4-2-1-3-5-12-21(29-26(36)38-19-10-6-7-11-19)24(34)32-16-8-13-22(32)23(33)30-27/h4,9,18-22,39H,1-3,5-8,10-17H2,(H,29,36)(H,30,33)(H,31,35,37)/b9-4-/t18-,21+,22+,27-/m1/s1. The number of hydrogen-bond donors (Lipinski definition) is 4. The number of amides is 4. The lowest BCUT2D eigenvalue weighted by molar-refractivity contribution is -0.141. The van der Waals surface area contributed by atoms with Crippen molar-refractivity contribution in [2.75, 3.05) is 6.54 Å². The second-order valence-corrected chi connectivity index (χ2v) is 18.2. The van der Waals surface area contributed by atoms with Crippen molar-refractivity contribution >= 4 is 52.3 Å². The minimum absolute atomic E-state index is 0.0110. The van der Waals surface area contributed by atoms with Crippen LogP contribution in [0.15, 0.2) is 12.2 Å². The van der Waals surface area contributed by atoms with Crippen LogP contribution in [0.4, 0.5) is 4.79 Å². The summed E-state index contributed by atoms with van der Waals surface area (Å²) in [6, 6.07) is -1.48. The molecule has 1 saturated heterocycles. The highest BCUT2D eigenvalue weighted by Crippen LogP contribution is 2.47. The van der Waals surface area contributed by atoms with E-state index in [1.165, 1.54) is 0 Å². The van der Waals surface area contributed by atoms with Crippen molar-refractivity contribution in [1.29, 1.82) is 0 Å². The number of fused-ring (bicyclic) bond motifs is 2. The van der Waals surface area contributed by atoms with Crippen molar-refractivity contribution < 1.29 is 28.1 Å². The lowest BCUT2D eigenvalue weighted by atomic mass is 10.1. The SMILES string of the molecule is O=C(N[C@H]1CCCCC/C=C\[C@@H]2C[C@@]2(C(=O)N[SH](=O)(I)C2CC2)NC(=O)[C@@H]2CCCN2C1=O)OC1CCCC1. The third kappa shape index (κ3) is 6.79. The number of nitrogens with zero attached hydrogens (tertiary/aromatic N) is 1. The molecule has 39 heavy (non-hydrogen) atoms. The number of nitrogens with one attached hydrogen (secondary N) is 3. The largest absolute Gasteiger partial charge is 0.446 e. The van der Waals surface area contributed by atoms with Gasteiger partial charge in [-0.05, 0) is 77.0 Å². The fourth-order valence-corrected chi connectivity index (χ4v) is 9.96. The van der Waals surface area contributed by atoms with Gasteiger partial charge in [0.15, 0.2) is 0 Å². The van der Waals surface area contributed by atoms with E-state index >= 15 is 0 Å². The summed E-state index contributed by atoms with van der Waals surface area (Å²) in [5.41, 5.74) is -1.15. The first-order valence-corrected chi connectivity index (χ1v) is 19.1. The van der Waals surface area contributed by atoms with E-state index < -0.39 is 36.9 Å². The Balaban J connectivity index is 1.31. The molecule has 0 radical (unpaired) electrons. The maximum absolute atomic E-state index is 13.7. The molecule has 5 rings (SSSR count). The van der Waals surface area contributed by atoms with Crippen LogP contribution >= 0.6 is 21.2 Å². The van der Waals surface area contributed by atoms with Gasteiger partial charge in [0.25, 0.3) is 5.91 Å². The normalized spacial score (nSPS) is 33.6. The second kappa shape index (κ2) is 12.0. The Labute approximate surface area is 243 Å². The van der Waals surface area contributed by atoms with Gasteiger partial charge in [0.05, 0.1) is 0 Å². The van der Waals surface area contributed by atoms with Crippen molar-refractivity contribution in [3.05, 3.63) is 12.2 Å². The molecule has 3 N–H and O–H groups in total. The molecule has 2 heterocycles. The quantitative estimate of drug-likeness (QED) is 0.153. The molecule has 0 aromatic heterocycles. The monoisotopic (exact) mass is 676 g/mol. The van der Waals surface area contributed by atoms with E-state index in [4.69, 9.17) is 4.74 Å². The van der Waals surface area contributed by atoms with Gasteiger partial charge in [0, 0.05) is 46.2 Å². The summed E-state index contributed by atoms with van der Waals surface area (Å²) in [7, 11) is -2.88. The van der Waals surface area contributed by atoms with Gasteiger partial charge in [-0.15, -0.1) is 0 Å². The highest BCUT2D eigenvalue weighted by atomic mass is 127. The minimum Gasteiger partial charge on any atom is -0.446 e. The van der Waals surface area contributed by atoms with Crippen LogP contribution in [0.1, 0.15) is 89.9 Å². The van der Waals surface area contributed by atoms with Crippen LogP contribution in [0.25, 0.3) is 0 Å². The molecule has 4 fully saturated rings. The second-order valence-electron chi connectivity index (χ2n) is 11.8. The summed E-state index contributed by atoms with van der Waals surface area (Å²) in [6.45, 7) is 0.417. The fourth-order valence-electron chi connectivity index (χ4n) is 6.16. The Hall–Kier alpha value is -1.70.